The van der Waals surface area contributed by atoms with Crippen LogP contribution in [0.1, 0.15) is 5.82 Å². The summed E-state index contributed by atoms with van der Waals surface area (Å²) in [7, 11) is 0. The first kappa shape index (κ1) is 12.6. The van der Waals surface area contributed by atoms with Crippen molar-refractivity contribution in [2.45, 2.75) is 6.92 Å². The zero-order valence-corrected chi connectivity index (χ0v) is 11.2. The highest BCUT2D eigenvalue weighted by molar-refractivity contribution is 5.81. The highest BCUT2D eigenvalue weighted by Crippen LogP contribution is 2.21. The van der Waals surface area contributed by atoms with E-state index in [2.05, 4.69) is 25.5 Å². The quantitative estimate of drug-likeness (QED) is 0.669. The maximum Gasteiger partial charge on any atom is 0.148 e. The van der Waals surface area contributed by atoms with Gasteiger partial charge in [-0.25, -0.2) is 4.98 Å². The fourth-order valence-corrected chi connectivity index (χ4v) is 2.08. The molecule has 3 rings (SSSR count). The minimum Gasteiger partial charge on any atom is -0.367 e. The summed E-state index contributed by atoms with van der Waals surface area (Å²) in [4.78, 5) is 7.60. The number of benzene rings is 1. The number of imidazole rings is 1. The highest BCUT2D eigenvalue weighted by atomic mass is 15.2. The van der Waals surface area contributed by atoms with E-state index in [4.69, 9.17) is 5.73 Å². The molecule has 6 nitrogen and oxygen atoms in total. The summed E-state index contributed by atoms with van der Waals surface area (Å²) >= 11 is 0. The topological polar surface area (TPSA) is 92.5 Å². The van der Waals surface area contributed by atoms with Crippen LogP contribution in [-0.2, 0) is 0 Å². The van der Waals surface area contributed by atoms with Crippen molar-refractivity contribution >= 4 is 16.9 Å². The number of aryl methyl sites for hydroxylation is 1. The van der Waals surface area contributed by atoms with Crippen molar-refractivity contribution in [2.75, 3.05) is 18.4 Å². The van der Waals surface area contributed by atoms with Gasteiger partial charge in [-0.1, -0.05) is 6.07 Å². The Bertz CT molecular complexity index is 716. The van der Waals surface area contributed by atoms with Gasteiger partial charge in [-0.2, -0.15) is 0 Å². The van der Waals surface area contributed by atoms with Gasteiger partial charge in [-0.05, 0) is 31.2 Å². The smallest absolute Gasteiger partial charge is 0.148 e. The second-order valence-electron chi connectivity index (χ2n) is 4.57. The number of aromatic nitrogens is 4. The molecular formula is C14H16N6. The first-order chi connectivity index (χ1) is 9.76. The van der Waals surface area contributed by atoms with Crippen LogP contribution in [0.3, 0.4) is 0 Å². The van der Waals surface area contributed by atoms with Crippen molar-refractivity contribution in [2.24, 2.45) is 5.73 Å². The monoisotopic (exact) mass is 268 g/mol. The molecule has 0 amide bonds. The summed E-state index contributed by atoms with van der Waals surface area (Å²) in [6.07, 6.45) is 0. The third-order valence-corrected chi connectivity index (χ3v) is 3.01. The van der Waals surface area contributed by atoms with Crippen LogP contribution in [0, 0.1) is 6.92 Å². The zero-order chi connectivity index (χ0) is 13.9. The number of fused-ring (bicyclic) bond motifs is 1. The van der Waals surface area contributed by atoms with Crippen molar-refractivity contribution in [1.82, 2.24) is 20.2 Å². The summed E-state index contributed by atoms with van der Waals surface area (Å²) in [5.41, 5.74) is 9.24. The Morgan fingerprint density at radius 1 is 1.20 bits per heavy atom. The van der Waals surface area contributed by atoms with Gasteiger partial charge < -0.3 is 16.0 Å². The molecule has 1 aromatic carbocycles. The van der Waals surface area contributed by atoms with E-state index >= 15 is 0 Å². The van der Waals surface area contributed by atoms with E-state index in [1.165, 1.54) is 0 Å². The van der Waals surface area contributed by atoms with Crippen LogP contribution >= 0.6 is 0 Å². The van der Waals surface area contributed by atoms with Crippen molar-refractivity contribution in [3.8, 4) is 11.3 Å². The van der Waals surface area contributed by atoms with E-state index in [0.717, 1.165) is 33.9 Å². The zero-order valence-electron chi connectivity index (χ0n) is 11.2. The first-order valence-electron chi connectivity index (χ1n) is 6.50. The molecule has 3 aromatic rings. The molecule has 0 fully saturated rings. The van der Waals surface area contributed by atoms with Crippen LogP contribution in [0.4, 0.5) is 5.82 Å². The minimum absolute atomic E-state index is 0.569. The third-order valence-electron chi connectivity index (χ3n) is 3.01. The number of nitrogens with two attached hydrogens (primary N) is 1. The molecule has 0 saturated carbocycles. The van der Waals surface area contributed by atoms with Gasteiger partial charge in [0.25, 0.3) is 0 Å². The third kappa shape index (κ3) is 2.46. The second-order valence-corrected chi connectivity index (χ2v) is 4.57. The molecular weight excluding hydrogens is 252 g/mol. The maximum atomic E-state index is 5.43. The van der Waals surface area contributed by atoms with Crippen LogP contribution in [-0.4, -0.2) is 33.3 Å². The maximum absolute atomic E-state index is 5.43. The molecule has 20 heavy (non-hydrogen) atoms. The van der Waals surface area contributed by atoms with Gasteiger partial charge >= 0.3 is 0 Å². The second kappa shape index (κ2) is 5.26. The lowest BCUT2D eigenvalue weighted by Gasteiger charge is -2.04. The lowest BCUT2D eigenvalue weighted by molar-refractivity contribution is 0.974. The lowest BCUT2D eigenvalue weighted by Crippen LogP contribution is -2.14. The van der Waals surface area contributed by atoms with Gasteiger partial charge in [0.1, 0.15) is 11.6 Å². The number of nitrogens with one attached hydrogen (secondary N) is 2. The molecule has 0 aliphatic rings. The van der Waals surface area contributed by atoms with Crippen molar-refractivity contribution in [3.05, 3.63) is 36.2 Å². The predicted octanol–water partition coefficient (Wildman–Crippen LogP) is 1.70. The number of hydrogen-bond donors (Lipinski definition) is 3. The van der Waals surface area contributed by atoms with Gasteiger partial charge in [0, 0.05) is 18.7 Å². The number of H-pyrrole nitrogens is 1. The molecule has 0 aliphatic carbocycles. The van der Waals surface area contributed by atoms with Crippen molar-refractivity contribution < 1.29 is 0 Å². The number of aromatic amines is 1. The Kier molecular flexibility index (Phi) is 3.30. The van der Waals surface area contributed by atoms with E-state index < -0.39 is 0 Å². The molecule has 2 heterocycles. The van der Waals surface area contributed by atoms with E-state index in [9.17, 15) is 0 Å². The molecule has 2 aromatic heterocycles. The molecule has 0 aliphatic heterocycles. The Balaban J connectivity index is 1.89. The largest absolute Gasteiger partial charge is 0.367 e. The highest BCUT2D eigenvalue weighted by Gasteiger charge is 2.04. The molecule has 0 radical (unpaired) electrons. The van der Waals surface area contributed by atoms with Crippen molar-refractivity contribution in [1.29, 1.82) is 0 Å². The summed E-state index contributed by atoms with van der Waals surface area (Å²) in [6, 6.07) is 9.86. The normalized spacial score (nSPS) is 10.9. The minimum atomic E-state index is 0.569. The van der Waals surface area contributed by atoms with Crippen LogP contribution in [0.15, 0.2) is 30.3 Å². The Morgan fingerprint density at radius 2 is 2.10 bits per heavy atom. The summed E-state index contributed by atoms with van der Waals surface area (Å²) in [5, 5.41) is 11.5. The molecule has 0 saturated heterocycles. The SMILES string of the molecule is Cc1nc2ccc(-c3ccc(NCCN)nn3)cc2[nH]1. The Hall–Kier alpha value is -2.47. The van der Waals surface area contributed by atoms with E-state index in [-0.39, 0.29) is 0 Å². The molecule has 0 unspecified atom stereocenters. The standard InChI is InChI=1S/C14H16N6/c1-9-17-12-3-2-10(8-13(12)18-9)11-4-5-14(20-19-11)16-7-6-15/h2-5,8H,6-7,15H2,1H3,(H,16,20)(H,17,18). The van der Waals surface area contributed by atoms with Crippen molar-refractivity contribution in [3.63, 3.8) is 0 Å². The Morgan fingerprint density at radius 3 is 2.85 bits per heavy atom. The molecule has 0 bridgehead atoms. The molecule has 4 N–H and O–H groups in total. The van der Waals surface area contributed by atoms with Gasteiger partial charge in [-0.15, -0.1) is 10.2 Å². The number of nitrogens with zero attached hydrogens (tertiary/aromatic N) is 3. The lowest BCUT2D eigenvalue weighted by atomic mass is 10.1. The molecule has 6 heteroatoms. The van der Waals surface area contributed by atoms with E-state index in [1.807, 2.05) is 37.3 Å². The average Bonchev–Trinajstić information content (AvgIpc) is 2.84. The first-order valence-corrected chi connectivity index (χ1v) is 6.50. The number of anilines is 1. The number of rotatable bonds is 4. The average molecular weight is 268 g/mol. The van der Waals surface area contributed by atoms with Crippen LogP contribution in [0.25, 0.3) is 22.3 Å². The van der Waals surface area contributed by atoms with E-state index in [1.54, 1.807) is 0 Å². The van der Waals surface area contributed by atoms with Gasteiger partial charge in [0.2, 0.25) is 0 Å². The van der Waals surface area contributed by atoms with Gasteiger partial charge in [0.15, 0.2) is 0 Å². The molecule has 102 valence electrons. The van der Waals surface area contributed by atoms with Crippen LogP contribution < -0.4 is 11.1 Å². The van der Waals surface area contributed by atoms with Crippen LogP contribution in [0.2, 0.25) is 0 Å². The predicted molar refractivity (Wildman–Crippen MR) is 79.4 cm³/mol. The fraction of sp³-hybridized carbons (Fsp3) is 0.214. The Labute approximate surface area is 116 Å². The summed E-state index contributed by atoms with van der Waals surface area (Å²) < 4.78 is 0. The summed E-state index contributed by atoms with van der Waals surface area (Å²) in [6.45, 7) is 3.20. The van der Waals surface area contributed by atoms with E-state index in [0.29, 0.717) is 13.1 Å². The van der Waals surface area contributed by atoms with Gasteiger partial charge in [-0.3, -0.25) is 0 Å². The molecule has 0 atom stereocenters. The fourth-order valence-electron chi connectivity index (χ4n) is 2.08. The number of hydrogen-bond acceptors (Lipinski definition) is 5. The summed E-state index contributed by atoms with van der Waals surface area (Å²) in [5.74, 6) is 1.64. The molecule has 0 spiro atoms. The van der Waals surface area contributed by atoms with Crippen LogP contribution in [0.5, 0.6) is 0 Å². The van der Waals surface area contributed by atoms with Gasteiger partial charge in [0.05, 0.1) is 16.7 Å².